The summed E-state index contributed by atoms with van der Waals surface area (Å²) in [6.45, 7) is 6.22. The van der Waals surface area contributed by atoms with Gasteiger partial charge in [-0.2, -0.15) is 0 Å². The Morgan fingerprint density at radius 2 is 1.67 bits per heavy atom. The molecule has 0 aliphatic rings. The summed E-state index contributed by atoms with van der Waals surface area (Å²) in [5.41, 5.74) is 3.52. The van der Waals surface area contributed by atoms with E-state index in [1.807, 2.05) is 25.1 Å². The minimum Gasteiger partial charge on any atom is -0.469 e. The van der Waals surface area contributed by atoms with Crippen LogP contribution in [0.4, 0.5) is 0 Å². The van der Waals surface area contributed by atoms with Crippen LogP contribution in [-0.2, 0) is 9.53 Å². The second-order valence-electron chi connectivity index (χ2n) is 6.23. The molecule has 0 aliphatic heterocycles. The number of esters is 1. The van der Waals surface area contributed by atoms with E-state index in [4.69, 9.17) is 4.74 Å². The third-order valence-electron chi connectivity index (χ3n) is 4.51. The van der Waals surface area contributed by atoms with Gasteiger partial charge in [0.05, 0.1) is 13.0 Å². The molecule has 3 nitrogen and oxygen atoms in total. The Hall–Kier alpha value is -2.13. The van der Waals surface area contributed by atoms with Crippen molar-refractivity contribution in [2.24, 2.45) is 5.92 Å². The minimum atomic E-state index is -0.219. The molecule has 0 aromatic heterocycles. The van der Waals surface area contributed by atoms with E-state index in [9.17, 15) is 4.79 Å². The summed E-state index contributed by atoms with van der Waals surface area (Å²) < 4.78 is 5.04. The molecule has 2 rings (SSSR count). The van der Waals surface area contributed by atoms with E-state index in [0.717, 1.165) is 12.0 Å². The van der Waals surface area contributed by atoms with Gasteiger partial charge in [0.25, 0.3) is 0 Å². The molecule has 0 spiro atoms. The van der Waals surface area contributed by atoms with Crippen molar-refractivity contribution in [2.75, 3.05) is 7.11 Å². The summed E-state index contributed by atoms with van der Waals surface area (Å²) in [6, 6.07) is 18.7. The van der Waals surface area contributed by atoms with E-state index < -0.39 is 0 Å². The van der Waals surface area contributed by atoms with Gasteiger partial charge in [-0.05, 0) is 31.4 Å². The van der Waals surface area contributed by atoms with Crippen molar-refractivity contribution in [1.82, 2.24) is 5.32 Å². The minimum absolute atomic E-state index is 0.0849. The summed E-state index contributed by atoms with van der Waals surface area (Å²) in [5, 5.41) is 3.63. The van der Waals surface area contributed by atoms with Crippen molar-refractivity contribution in [3.8, 4) is 0 Å². The molecule has 128 valence electrons. The Morgan fingerprint density at radius 3 is 2.21 bits per heavy atom. The maximum atomic E-state index is 12.3. The topological polar surface area (TPSA) is 38.3 Å². The second-order valence-corrected chi connectivity index (χ2v) is 6.23. The van der Waals surface area contributed by atoms with Gasteiger partial charge in [-0.3, -0.25) is 4.79 Å². The van der Waals surface area contributed by atoms with E-state index in [2.05, 4.69) is 55.6 Å². The van der Waals surface area contributed by atoms with E-state index >= 15 is 0 Å². The first-order valence-electron chi connectivity index (χ1n) is 8.52. The Morgan fingerprint density at radius 1 is 1.04 bits per heavy atom. The molecule has 24 heavy (non-hydrogen) atoms. The van der Waals surface area contributed by atoms with Crippen molar-refractivity contribution in [1.29, 1.82) is 0 Å². The van der Waals surface area contributed by atoms with Gasteiger partial charge in [-0.1, -0.05) is 67.1 Å². The lowest BCUT2D eigenvalue weighted by Crippen LogP contribution is -2.35. The number of carbonyl (C=O) groups is 1. The molecule has 0 bridgehead atoms. The summed E-state index contributed by atoms with van der Waals surface area (Å²) in [4.78, 5) is 12.3. The number of ether oxygens (including phenoxy) is 1. The smallest absolute Gasteiger partial charge is 0.310 e. The van der Waals surface area contributed by atoms with Crippen molar-refractivity contribution < 1.29 is 9.53 Å². The predicted molar refractivity (Wildman–Crippen MR) is 97.7 cm³/mol. The van der Waals surface area contributed by atoms with Gasteiger partial charge < -0.3 is 10.1 Å². The number of hydrogen-bond donors (Lipinski definition) is 1. The quantitative estimate of drug-likeness (QED) is 0.757. The van der Waals surface area contributed by atoms with E-state index in [1.54, 1.807) is 0 Å². The molecule has 2 aromatic rings. The lowest BCUT2D eigenvalue weighted by atomic mass is 9.89. The fourth-order valence-corrected chi connectivity index (χ4v) is 3.02. The highest BCUT2D eigenvalue weighted by molar-refractivity contribution is 5.73. The Bertz CT molecular complexity index is 637. The Balaban J connectivity index is 2.31. The van der Waals surface area contributed by atoms with Crippen LogP contribution in [0.1, 0.15) is 49.0 Å². The highest BCUT2D eigenvalue weighted by Gasteiger charge is 2.30. The Labute approximate surface area is 145 Å². The number of methoxy groups -OCH3 is 1. The maximum absolute atomic E-state index is 12.3. The second kappa shape index (κ2) is 8.65. The van der Waals surface area contributed by atoms with Crippen LogP contribution in [-0.4, -0.2) is 13.1 Å². The molecule has 0 amide bonds. The van der Waals surface area contributed by atoms with E-state index in [0.29, 0.717) is 0 Å². The summed E-state index contributed by atoms with van der Waals surface area (Å²) in [5.74, 6) is -0.389. The summed E-state index contributed by atoms with van der Waals surface area (Å²) in [7, 11) is 1.46. The molecular weight excluding hydrogens is 298 g/mol. The fraction of sp³-hybridized carbons (Fsp3) is 0.381. The molecular formula is C21H27NO2. The van der Waals surface area contributed by atoms with Gasteiger partial charge in [0.2, 0.25) is 0 Å². The monoisotopic (exact) mass is 325 g/mol. The predicted octanol–water partition coefficient (Wildman–Crippen LogP) is 4.59. The molecule has 0 heterocycles. The zero-order chi connectivity index (χ0) is 17.5. The lowest BCUT2D eigenvalue weighted by molar-refractivity contribution is -0.146. The zero-order valence-electron chi connectivity index (χ0n) is 15.0. The SMILES string of the molecule is CC[C@H](C(=O)OC)[C@H](N[C@H](C)c1ccccc1)c1ccc(C)cc1. The van der Waals surface area contributed by atoms with Crippen LogP contribution in [0.3, 0.4) is 0 Å². The first-order valence-corrected chi connectivity index (χ1v) is 8.52. The summed E-state index contributed by atoms with van der Waals surface area (Å²) >= 11 is 0. The molecule has 0 radical (unpaired) electrons. The number of aryl methyl sites for hydroxylation is 1. The van der Waals surface area contributed by atoms with Gasteiger partial charge in [0, 0.05) is 12.1 Å². The molecule has 0 saturated heterocycles. The number of carbonyl (C=O) groups excluding carboxylic acids is 1. The summed E-state index contributed by atoms with van der Waals surface area (Å²) in [6.07, 6.45) is 0.722. The van der Waals surface area contributed by atoms with Crippen molar-refractivity contribution >= 4 is 5.97 Å². The Kier molecular flexibility index (Phi) is 6.56. The number of rotatable bonds is 7. The van der Waals surface area contributed by atoms with E-state index in [1.165, 1.54) is 18.2 Å². The lowest BCUT2D eigenvalue weighted by Gasteiger charge is -2.29. The average molecular weight is 325 g/mol. The van der Waals surface area contributed by atoms with Gasteiger partial charge in [0.15, 0.2) is 0 Å². The molecule has 0 unspecified atom stereocenters. The molecule has 0 saturated carbocycles. The van der Waals surface area contributed by atoms with Gasteiger partial charge in [-0.15, -0.1) is 0 Å². The molecule has 3 heteroatoms. The van der Waals surface area contributed by atoms with Crippen molar-refractivity contribution in [2.45, 2.75) is 39.3 Å². The van der Waals surface area contributed by atoms with Crippen LogP contribution < -0.4 is 5.32 Å². The van der Waals surface area contributed by atoms with Crippen molar-refractivity contribution in [3.05, 3.63) is 71.3 Å². The van der Waals surface area contributed by atoms with Gasteiger partial charge in [0.1, 0.15) is 0 Å². The third kappa shape index (κ3) is 4.45. The molecule has 3 atom stereocenters. The highest BCUT2D eigenvalue weighted by atomic mass is 16.5. The van der Waals surface area contributed by atoms with Crippen LogP contribution in [0.5, 0.6) is 0 Å². The molecule has 2 aromatic carbocycles. The molecule has 1 N–H and O–H groups in total. The van der Waals surface area contributed by atoms with E-state index in [-0.39, 0.29) is 24.0 Å². The van der Waals surface area contributed by atoms with Gasteiger partial charge in [-0.25, -0.2) is 0 Å². The van der Waals surface area contributed by atoms with Crippen LogP contribution in [0.2, 0.25) is 0 Å². The number of hydrogen-bond acceptors (Lipinski definition) is 3. The highest BCUT2D eigenvalue weighted by Crippen LogP contribution is 2.29. The first kappa shape index (κ1) is 18.2. The first-order chi connectivity index (χ1) is 11.6. The molecule has 0 fully saturated rings. The maximum Gasteiger partial charge on any atom is 0.310 e. The van der Waals surface area contributed by atoms with Crippen LogP contribution in [0.15, 0.2) is 54.6 Å². The standard InChI is InChI=1S/C21H27NO2/c1-5-19(21(23)24-4)20(18-13-11-15(2)12-14-18)22-16(3)17-9-7-6-8-10-17/h6-14,16,19-20,22H,5H2,1-4H3/t16-,19+,20-/m1/s1. The largest absolute Gasteiger partial charge is 0.469 e. The van der Waals surface area contributed by atoms with Crippen molar-refractivity contribution in [3.63, 3.8) is 0 Å². The van der Waals surface area contributed by atoms with Crippen LogP contribution >= 0.6 is 0 Å². The average Bonchev–Trinajstić information content (AvgIpc) is 2.62. The normalized spacial score (nSPS) is 14.7. The fourth-order valence-electron chi connectivity index (χ4n) is 3.02. The zero-order valence-corrected chi connectivity index (χ0v) is 15.0. The third-order valence-corrected chi connectivity index (χ3v) is 4.51. The number of nitrogens with one attached hydrogen (secondary N) is 1. The number of benzene rings is 2. The van der Waals surface area contributed by atoms with Crippen LogP contribution in [0, 0.1) is 12.8 Å². The molecule has 0 aliphatic carbocycles. The van der Waals surface area contributed by atoms with Crippen LogP contribution in [0.25, 0.3) is 0 Å². The van der Waals surface area contributed by atoms with Gasteiger partial charge >= 0.3 is 5.97 Å².